The predicted octanol–water partition coefficient (Wildman–Crippen LogP) is 0.801. The number of likely N-dealkylation sites (tertiary alicyclic amines) is 1. The highest BCUT2D eigenvalue weighted by molar-refractivity contribution is 7.89. The first-order chi connectivity index (χ1) is 12.1. The van der Waals surface area contributed by atoms with Crippen LogP contribution in [0.4, 0.5) is 5.69 Å². The second-order valence-corrected chi connectivity index (χ2v) is 8.64. The van der Waals surface area contributed by atoms with Crippen LogP contribution >= 0.6 is 0 Å². The molecule has 1 aliphatic rings. The van der Waals surface area contributed by atoms with Crippen LogP contribution in [0.2, 0.25) is 0 Å². The number of hydrogen-bond donors (Lipinski definition) is 1. The molecular weight excluding hydrogens is 360 g/mol. The molecule has 1 fully saturated rings. The molecule has 9 nitrogen and oxygen atoms in total. The van der Waals surface area contributed by atoms with E-state index in [1.54, 1.807) is 4.90 Å². The van der Waals surface area contributed by atoms with Gasteiger partial charge in [-0.3, -0.25) is 14.9 Å². The lowest BCUT2D eigenvalue weighted by Crippen LogP contribution is -2.46. The van der Waals surface area contributed by atoms with Crippen molar-refractivity contribution in [1.29, 1.82) is 0 Å². The number of piperidine rings is 1. The number of nitrogens with zero attached hydrogens (tertiary/aromatic N) is 3. The Labute approximate surface area is 153 Å². The van der Waals surface area contributed by atoms with E-state index in [1.165, 1.54) is 25.2 Å². The van der Waals surface area contributed by atoms with Crippen LogP contribution in [0, 0.1) is 16.0 Å². The fourth-order valence-electron chi connectivity index (χ4n) is 2.99. The van der Waals surface area contributed by atoms with Gasteiger partial charge in [0, 0.05) is 38.3 Å². The van der Waals surface area contributed by atoms with E-state index >= 15 is 0 Å². The second-order valence-electron chi connectivity index (χ2n) is 6.59. The molecule has 0 radical (unpaired) electrons. The van der Waals surface area contributed by atoms with Crippen LogP contribution in [0.1, 0.15) is 19.8 Å². The van der Waals surface area contributed by atoms with Gasteiger partial charge in [0.1, 0.15) is 0 Å². The summed E-state index contributed by atoms with van der Waals surface area (Å²) >= 11 is 0. The molecule has 1 aromatic carbocycles. The average Bonchev–Trinajstić information content (AvgIpc) is 2.61. The average molecular weight is 384 g/mol. The van der Waals surface area contributed by atoms with Crippen molar-refractivity contribution in [2.45, 2.75) is 30.7 Å². The smallest absolute Gasteiger partial charge is 0.270 e. The van der Waals surface area contributed by atoms with Gasteiger partial charge >= 0.3 is 0 Å². The summed E-state index contributed by atoms with van der Waals surface area (Å²) in [6.45, 7) is 2.74. The van der Waals surface area contributed by atoms with Gasteiger partial charge in [0.2, 0.25) is 15.9 Å². The molecule has 1 atom stereocenters. The molecule has 1 unspecified atom stereocenters. The van der Waals surface area contributed by atoms with E-state index < -0.39 is 14.9 Å². The summed E-state index contributed by atoms with van der Waals surface area (Å²) in [4.78, 5) is 24.0. The molecule has 144 valence electrons. The van der Waals surface area contributed by atoms with Gasteiger partial charge in [-0.25, -0.2) is 8.42 Å². The molecule has 1 aliphatic heterocycles. The number of non-ortho nitro benzene ring substituents is 1. The molecule has 1 saturated heterocycles. The van der Waals surface area contributed by atoms with Crippen LogP contribution < -0.4 is 5.73 Å². The maximum atomic E-state index is 12.6. The van der Waals surface area contributed by atoms with E-state index in [2.05, 4.69) is 0 Å². The number of likely N-dealkylation sites (N-methyl/N-ethyl adjacent to an activating group) is 1. The molecule has 2 rings (SSSR count). The van der Waals surface area contributed by atoms with Crippen molar-refractivity contribution in [1.82, 2.24) is 9.21 Å². The first-order valence-electron chi connectivity index (χ1n) is 8.37. The number of rotatable bonds is 6. The minimum absolute atomic E-state index is 0.0733. The van der Waals surface area contributed by atoms with E-state index in [4.69, 9.17) is 5.73 Å². The lowest BCUT2D eigenvalue weighted by atomic mass is 9.91. The quantitative estimate of drug-likeness (QED) is 0.571. The number of hydrogen-bond acceptors (Lipinski definition) is 6. The molecule has 0 aromatic heterocycles. The van der Waals surface area contributed by atoms with E-state index in [0.717, 1.165) is 23.2 Å². The monoisotopic (exact) mass is 384 g/mol. The number of carbonyl (C=O) groups is 1. The third-order valence-corrected chi connectivity index (χ3v) is 6.53. The number of carbonyl (C=O) groups excluding carboxylic acids is 1. The van der Waals surface area contributed by atoms with E-state index in [0.29, 0.717) is 19.0 Å². The highest BCUT2D eigenvalue weighted by Crippen LogP contribution is 2.22. The summed E-state index contributed by atoms with van der Waals surface area (Å²) < 4.78 is 26.1. The van der Waals surface area contributed by atoms with Crippen molar-refractivity contribution in [2.24, 2.45) is 11.7 Å². The minimum atomic E-state index is -3.99. The summed E-state index contributed by atoms with van der Waals surface area (Å²) in [5, 5.41) is 10.8. The number of nitro benzene ring substituents is 1. The summed E-state index contributed by atoms with van der Waals surface area (Å²) in [7, 11) is -2.70. The molecule has 0 bridgehead atoms. The number of sulfonamides is 1. The van der Waals surface area contributed by atoms with Gasteiger partial charge in [-0.05, 0) is 31.7 Å². The SMILES string of the molecule is CC(N)C1CCN(C(=O)CN(C)S(=O)(=O)c2cccc([N+](=O)[O-])c2)CC1. The largest absolute Gasteiger partial charge is 0.342 e. The molecule has 0 saturated carbocycles. The van der Waals surface area contributed by atoms with Gasteiger partial charge in [-0.2, -0.15) is 4.31 Å². The Hall–Kier alpha value is -2.04. The molecule has 26 heavy (non-hydrogen) atoms. The maximum Gasteiger partial charge on any atom is 0.270 e. The number of nitro groups is 1. The summed E-state index contributed by atoms with van der Waals surface area (Å²) in [5.41, 5.74) is 5.57. The first-order valence-corrected chi connectivity index (χ1v) is 9.81. The lowest BCUT2D eigenvalue weighted by Gasteiger charge is -2.34. The zero-order chi connectivity index (χ0) is 19.5. The van der Waals surface area contributed by atoms with Crippen molar-refractivity contribution in [2.75, 3.05) is 26.7 Å². The highest BCUT2D eigenvalue weighted by Gasteiger charge is 2.29. The van der Waals surface area contributed by atoms with Gasteiger partial charge in [0.25, 0.3) is 5.69 Å². The molecule has 2 N–H and O–H groups in total. The predicted molar refractivity (Wildman–Crippen MR) is 95.9 cm³/mol. The first kappa shape index (κ1) is 20.3. The third-order valence-electron chi connectivity index (χ3n) is 4.73. The Morgan fingerprint density at radius 3 is 2.58 bits per heavy atom. The fourth-order valence-corrected chi connectivity index (χ4v) is 4.15. The van der Waals surface area contributed by atoms with Crippen molar-refractivity contribution in [3.8, 4) is 0 Å². The zero-order valence-electron chi connectivity index (χ0n) is 14.9. The minimum Gasteiger partial charge on any atom is -0.342 e. The van der Waals surface area contributed by atoms with Gasteiger partial charge in [0.15, 0.2) is 0 Å². The van der Waals surface area contributed by atoms with Crippen LogP contribution in [0.3, 0.4) is 0 Å². The van der Waals surface area contributed by atoms with Crippen LogP contribution in [0.25, 0.3) is 0 Å². The van der Waals surface area contributed by atoms with E-state index in [1.807, 2.05) is 6.92 Å². The van der Waals surface area contributed by atoms with Gasteiger partial charge < -0.3 is 10.6 Å². The van der Waals surface area contributed by atoms with E-state index in [-0.39, 0.29) is 29.1 Å². The molecule has 1 amide bonds. The standard InChI is InChI=1S/C16H24N4O5S/c1-12(17)13-6-8-19(9-7-13)16(21)11-18(2)26(24,25)15-5-3-4-14(10-15)20(22)23/h3-5,10,12-13H,6-9,11,17H2,1-2H3. The van der Waals surface area contributed by atoms with Crippen LogP contribution in [-0.2, 0) is 14.8 Å². The van der Waals surface area contributed by atoms with Crippen molar-refractivity contribution < 1.29 is 18.1 Å². The summed E-state index contributed by atoms with van der Waals surface area (Å²) in [6.07, 6.45) is 1.59. The summed E-state index contributed by atoms with van der Waals surface area (Å²) in [6, 6.07) is 4.86. The van der Waals surface area contributed by atoms with Crippen molar-refractivity contribution in [3.05, 3.63) is 34.4 Å². The molecule has 1 aromatic rings. The normalized spacial score (nSPS) is 17.3. The molecular formula is C16H24N4O5S. The topological polar surface area (TPSA) is 127 Å². The van der Waals surface area contributed by atoms with Gasteiger partial charge in [-0.1, -0.05) is 6.07 Å². The Morgan fingerprint density at radius 2 is 2.04 bits per heavy atom. The molecule has 0 spiro atoms. The van der Waals surface area contributed by atoms with Gasteiger partial charge in [-0.15, -0.1) is 0 Å². The molecule has 0 aliphatic carbocycles. The molecule has 1 heterocycles. The number of amides is 1. The number of benzene rings is 1. The summed E-state index contributed by atoms with van der Waals surface area (Å²) in [5.74, 6) is 0.0787. The van der Waals surface area contributed by atoms with Gasteiger partial charge in [0.05, 0.1) is 16.4 Å². The van der Waals surface area contributed by atoms with Crippen LogP contribution in [-0.4, -0.2) is 61.2 Å². The Morgan fingerprint density at radius 1 is 1.42 bits per heavy atom. The fraction of sp³-hybridized carbons (Fsp3) is 0.562. The third kappa shape index (κ3) is 4.57. The van der Waals surface area contributed by atoms with Crippen LogP contribution in [0.5, 0.6) is 0 Å². The van der Waals surface area contributed by atoms with Crippen LogP contribution in [0.15, 0.2) is 29.2 Å². The number of nitrogens with two attached hydrogens (primary N) is 1. The van der Waals surface area contributed by atoms with Crippen molar-refractivity contribution in [3.63, 3.8) is 0 Å². The van der Waals surface area contributed by atoms with Crippen molar-refractivity contribution >= 4 is 21.6 Å². The second kappa shape index (κ2) is 8.11. The maximum absolute atomic E-state index is 12.6. The van der Waals surface area contributed by atoms with E-state index in [9.17, 15) is 23.3 Å². The zero-order valence-corrected chi connectivity index (χ0v) is 15.7. The lowest BCUT2D eigenvalue weighted by molar-refractivity contribution is -0.385. The Bertz CT molecular complexity index is 773. The Kier molecular flexibility index (Phi) is 6.32. The highest BCUT2D eigenvalue weighted by atomic mass is 32.2. The molecule has 10 heteroatoms. The Balaban J connectivity index is 2.04.